The van der Waals surface area contributed by atoms with E-state index < -0.39 is 27.0 Å². The molecule has 4 rings (SSSR count). The number of halogens is 1. The standard InChI is InChI=1S/C24H24ClN5O4S/c1-14-8-10-16(11-9-14)21-18(17-6-4-5-7-19(17)25)12-27-22-20(23(31)28-15(2)13-34-3)24(29-30(21)22)35(26,32)33/h4-12,15H,13H2,1-3H3,(H,28,31)(H2,26,32,33). The van der Waals surface area contributed by atoms with E-state index in [9.17, 15) is 13.2 Å². The van der Waals surface area contributed by atoms with Crippen LogP contribution >= 0.6 is 11.6 Å². The van der Waals surface area contributed by atoms with Crippen molar-refractivity contribution in [1.29, 1.82) is 0 Å². The summed E-state index contributed by atoms with van der Waals surface area (Å²) in [4.78, 5) is 17.6. The van der Waals surface area contributed by atoms with E-state index in [2.05, 4.69) is 15.4 Å². The molecule has 1 amide bonds. The summed E-state index contributed by atoms with van der Waals surface area (Å²) >= 11 is 6.49. The molecule has 0 aliphatic heterocycles. The van der Waals surface area contributed by atoms with Gasteiger partial charge in [-0.05, 0) is 19.9 Å². The highest BCUT2D eigenvalue weighted by Gasteiger charge is 2.30. The Balaban J connectivity index is 2.07. The molecular weight excluding hydrogens is 490 g/mol. The molecule has 0 fully saturated rings. The number of nitrogens with one attached hydrogen (secondary N) is 1. The highest BCUT2D eigenvalue weighted by Crippen LogP contribution is 2.37. The summed E-state index contributed by atoms with van der Waals surface area (Å²) in [5, 5.41) is 12.4. The molecule has 35 heavy (non-hydrogen) atoms. The molecule has 0 saturated heterocycles. The molecule has 0 aliphatic rings. The molecule has 1 unspecified atom stereocenters. The Kier molecular flexibility index (Phi) is 6.91. The monoisotopic (exact) mass is 513 g/mol. The summed E-state index contributed by atoms with van der Waals surface area (Å²) in [6.45, 7) is 3.91. The van der Waals surface area contributed by atoms with Crippen LogP contribution in [0, 0.1) is 6.92 Å². The number of carbonyl (C=O) groups is 1. The molecule has 11 heteroatoms. The lowest BCUT2D eigenvalue weighted by Gasteiger charge is -2.14. The molecule has 3 N–H and O–H groups in total. The number of sulfonamides is 1. The summed E-state index contributed by atoms with van der Waals surface area (Å²) in [5.41, 5.74) is 3.35. The lowest BCUT2D eigenvalue weighted by Crippen LogP contribution is -2.36. The van der Waals surface area contributed by atoms with Crippen LogP contribution in [0.1, 0.15) is 22.8 Å². The van der Waals surface area contributed by atoms with Crippen LogP contribution in [-0.4, -0.2) is 48.7 Å². The van der Waals surface area contributed by atoms with Gasteiger partial charge in [0.1, 0.15) is 5.56 Å². The minimum Gasteiger partial charge on any atom is -0.383 e. The zero-order valence-electron chi connectivity index (χ0n) is 19.3. The van der Waals surface area contributed by atoms with Crippen LogP contribution in [0.4, 0.5) is 0 Å². The van der Waals surface area contributed by atoms with Crippen LogP contribution < -0.4 is 10.5 Å². The van der Waals surface area contributed by atoms with Gasteiger partial charge in [-0.15, -0.1) is 0 Å². The molecular formula is C24H24ClN5O4S. The molecule has 2 heterocycles. The summed E-state index contributed by atoms with van der Waals surface area (Å²) in [7, 11) is -2.87. The Morgan fingerprint density at radius 3 is 2.49 bits per heavy atom. The van der Waals surface area contributed by atoms with E-state index in [0.29, 0.717) is 21.8 Å². The first kappa shape index (κ1) is 24.8. The van der Waals surface area contributed by atoms with Gasteiger partial charge in [-0.2, -0.15) is 5.10 Å². The first-order chi connectivity index (χ1) is 16.6. The maximum absolute atomic E-state index is 13.2. The Morgan fingerprint density at radius 2 is 1.86 bits per heavy atom. The summed E-state index contributed by atoms with van der Waals surface area (Å²) in [6.07, 6.45) is 1.55. The van der Waals surface area contributed by atoms with E-state index in [1.165, 1.54) is 11.6 Å². The number of rotatable bonds is 7. The quantitative estimate of drug-likeness (QED) is 0.389. The van der Waals surface area contributed by atoms with Gasteiger partial charge in [0, 0.05) is 41.1 Å². The normalized spacial score (nSPS) is 12.6. The minimum absolute atomic E-state index is 0.0440. The van der Waals surface area contributed by atoms with E-state index >= 15 is 0 Å². The van der Waals surface area contributed by atoms with Crippen LogP contribution in [0.2, 0.25) is 5.02 Å². The van der Waals surface area contributed by atoms with E-state index in [0.717, 1.165) is 11.1 Å². The number of nitrogens with zero attached hydrogens (tertiary/aromatic N) is 3. The van der Waals surface area contributed by atoms with Gasteiger partial charge in [0.25, 0.3) is 15.9 Å². The van der Waals surface area contributed by atoms with Crippen LogP contribution in [0.25, 0.3) is 28.0 Å². The summed E-state index contributed by atoms with van der Waals surface area (Å²) in [5.74, 6) is -0.679. The summed E-state index contributed by atoms with van der Waals surface area (Å²) in [6, 6.07) is 14.4. The van der Waals surface area contributed by atoms with E-state index in [1.807, 2.05) is 43.3 Å². The predicted molar refractivity (Wildman–Crippen MR) is 134 cm³/mol. The third-order valence-corrected chi connectivity index (χ3v) is 6.55. The van der Waals surface area contributed by atoms with Crippen molar-refractivity contribution >= 4 is 33.2 Å². The molecule has 0 bridgehead atoms. The lowest BCUT2D eigenvalue weighted by atomic mass is 10.00. The van der Waals surface area contributed by atoms with Crippen molar-refractivity contribution in [2.75, 3.05) is 13.7 Å². The van der Waals surface area contributed by atoms with Crippen molar-refractivity contribution in [2.45, 2.75) is 24.9 Å². The maximum atomic E-state index is 13.2. The molecule has 1 atom stereocenters. The van der Waals surface area contributed by atoms with Crippen LogP contribution in [-0.2, 0) is 14.8 Å². The lowest BCUT2D eigenvalue weighted by molar-refractivity contribution is 0.0903. The van der Waals surface area contributed by atoms with Crippen molar-refractivity contribution in [3.05, 3.63) is 70.9 Å². The molecule has 0 radical (unpaired) electrons. The molecule has 0 aliphatic carbocycles. The Labute approximate surface area is 207 Å². The number of aromatic nitrogens is 3. The van der Waals surface area contributed by atoms with Gasteiger partial charge in [0.05, 0.1) is 12.3 Å². The molecule has 2 aromatic carbocycles. The fraction of sp³-hybridized carbons (Fsp3) is 0.208. The molecule has 0 spiro atoms. The average Bonchev–Trinajstić information content (AvgIpc) is 3.20. The minimum atomic E-state index is -4.37. The highest BCUT2D eigenvalue weighted by molar-refractivity contribution is 7.89. The predicted octanol–water partition coefficient (Wildman–Crippen LogP) is 3.44. The molecule has 4 aromatic rings. The number of amides is 1. The molecule has 0 saturated carbocycles. The topological polar surface area (TPSA) is 129 Å². The van der Waals surface area contributed by atoms with Crippen LogP contribution in [0.5, 0.6) is 0 Å². The third-order valence-electron chi connectivity index (χ3n) is 5.39. The van der Waals surface area contributed by atoms with Gasteiger partial charge in [0.2, 0.25) is 5.03 Å². The number of ether oxygens (including phenoxy) is 1. The van der Waals surface area contributed by atoms with Gasteiger partial charge >= 0.3 is 0 Å². The zero-order chi connectivity index (χ0) is 25.3. The number of fused-ring (bicyclic) bond motifs is 1. The number of carbonyl (C=O) groups excluding carboxylic acids is 1. The summed E-state index contributed by atoms with van der Waals surface area (Å²) < 4.78 is 31.4. The second-order valence-electron chi connectivity index (χ2n) is 8.16. The smallest absolute Gasteiger partial charge is 0.258 e. The van der Waals surface area contributed by atoms with E-state index in [1.54, 1.807) is 25.3 Å². The number of methoxy groups -OCH3 is 1. The second-order valence-corrected chi connectivity index (χ2v) is 10.0. The van der Waals surface area contributed by atoms with Crippen molar-refractivity contribution in [3.63, 3.8) is 0 Å². The van der Waals surface area contributed by atoms with E-state index in [4.69, 9.17) is 21.5 Å². The second kappa shape index (κ2) is 9.74. The fourth-order valence-electron chi connectivity index (χ4n) is 3.82. The highest BCUT2D eigenvalue weighted by atomic mass is 35.5. The van der Waals surface area contributed by atoms with Gasteiger partial charge in [-0.3, -0.25) is 4.79 Å². The van der Waals surface area contributed by atoms with Crippen LogP contribution in [0.15, 0.2) is 59.8 Å². The SMILES string of the molecule is COCC(C)NC(=O)c1c(S(N)(=O)=O)nn2c(-c3ccc(C)cc3)c(-c3ccccc3Cl)cnc12. The number of benzene rings is 2. The van der Waals surface area contributed by atoms with E-state index in [-0.39, 0.29) is 17.8 Å². The zero-order valence-corrected chi connectivity index (χ0v) is 20.9. The average molecular weight is 514 g/mol. The first-order valence-electron chi connectivity index (χ1n) is 10.7. The number of primary sulfonamides is 1. The van der Waals surface area contributed by atoms with Gasteiger partial charge in [-0.1, -0.05) is 59.6 Å². The number of aryl methyl sites for hydroxylation is 1. The molecule has 2 aromatic heterocycles. The number of hydrogen-bond donors (Lipinski definition) is 2. The Morgan fingerprint density at radius 1 is 1.17 bits per heavy atom. The number of hydrogen-bond acceptors (Lipinski definition) is 6. The van der Waals surface area contributed by atoms with Gasteiger partial charge in [0.15, 0.2) is 5.65 Å². The van der Waals surface area contributed by atoms with Crippen LogP contribution in [0.3, 0.4) is 0 Å². The molecule has 9 nitrogen and oxygen atoms in total. The van der Waals surface area contributed by atoms with Crippen molar-refractivity contribution in [1.82, 2.24) is 19.9 Å². The third kappa shape index (κ3) is 4.92. The largest absolute Gasteiger partial charge is 0.383 e. The van der Waals surface area contributed by atoms with Crippen molar-refractivity contribution in [2.24, 2.45) is 5.14 Å². The molecule has 182 valence electrons. The first-order valence-corrected chi connectivity index (χ1v) is 12.6. The van der Waals surface area contributed by atoms with Crippen molar-refractivity contribution in [3.8, 4) is 22.4 Å². The van der Waals surface area contributed by atoms with Gasteiger partial charge in [-0.25, -0.2) is 23.1 Å². The van der Waals surface area contributed by atoms with Gasteiger partial charge < -0.3 is 10.1 Å². The van der Waals surface area contributed by atoms with Crippen molar-refractivity contribution < 1.29 is 17.9 Å². The fourth-order valence-corrected chi connectivity index (χ4v) is 4.72. The Bertz CT molecular complexity index is 1520. The maximum Gasteiger partial charge on any atom is 0.258 e. The number of nitrogens with two attached hydrogens (primary N) is 1. The Hall–Kier alpha value is -3.31.